The van der Waals surface area contributed by atoms with Crippen molar-refractivity contribution in [1.29, 1.82) is 0 Å². The van der Waals surface area contributed by atoms with Gasteiger partial charge in [-0.3, -0.25) is 0 Å². The van der Waals surface area contributed by atoms with Crippen molar-refractivity contribution in [1.82, 2.24) is 9.97 Å². The molecule has 0 atom stereocenters. The van der Waals surface area contributed by atoms with Crippen LogP contribution < -0.4 is 5.32 Å². The minimum absolute atomic E-state index is 0.216. The van der Waals surface area contributed by atoms with Gasteiger partial charge in [-0.15, -0.1) is 11.8 Å². The molecule has 0 aliphatic carbocycles. The zero-order valence-corrected chi connectivity index (χ0v) is 15.0. The Morgan fingerprint density at radius 3 is 2.62 bits per heavy atom. The summed E-state index contributed by atoms with van der Waals surface area (Å²) in [6.07, 6.45) is 1.05. The minimum atomic E-state index is -0.216. The van der Waals surface area contributed by atoms with E-state index in [1.54, 1.807) is 23.9 Å². The highest BCUT2D eigenvalue weighted by Crippen LogP contribution is 2.24. The van der Waals surface area contributed by atoms with Crippen molar-refractivity contribution in [3.05, 3.63) is 45.2 Å². The molecule has 2 aromatic rings. The molecule has 0 aliphatic rings. The van der Waals surface area contributed by atoms with Gasteiger partial charge in [0.2, 0.25) is 0 Å². The first-order valence-corrected chi connectivity index (χ1v) is 8.82. The summed E-state index contributed by atoms with van der Waals surface area (Å²) in [5.41, 5.74) is 0.985. The van der Waals surface area contributed by atoms with Crippen molar-refractivity contribution in [2.75, 3.05) is 11.9 Å². The lowest BCUT2D eigenvalue weighted by molar-refractivity contribution is 0.626. The minimum Gasteiger partial charge on any atom is -0.369 e. The van der Waals surface area contributed by atoms with Crippen LogP contribution in [0.15, 0.2) is 29.2 Å². The van der Waals surface area contributed by atoms with Gasteiger partial charge >= 0.3 is 0 Å². The fourth-order valence-corrected chi connectivity index (χ4v) is 2.91. The van der Waals surface area contributed by atoms with Crippen LogP contribution in [0.5, 0.6) is 0 Å². The molecule has 0 amide bonds. The molecule has 1 heterocycles. The summed E-state index contributed by atoms with van der Waals surface area (Å²) in [6, 6.07) is 6.48. The number of aromatic nitrogens is 2. The third kappa shape index (κ3) is 4.81. The lowest BCUT2D eigenvalue weighted by Gasteiger charge is -2.10. The fourth-order valence-electron chi connectivity index (χ4n) is 1.72. The van der Waals surface area contributed by atoms with Gasteiger partial charge in [0.25, 0.3) is 0 Å². The first-order valence-electron chi connectivity index (χ1n) is 6.75. The summed E-state index contributed by atoms with van der Waals surface area (Å²) in [5, 5.41) is 3.33. The van der Waals surface area contributed by atoms with E-state index in [1.165, 1.54) is 12.1 Å². The zero-order chi connectivity index (χ0) is 15.2. The average Bonchev–Trinajstić information content (AvgIpc) is 2.48. The summed E-state index contributed by atoms with van der Waals surface area (Å²) in [4.78, 5) is 10.1. The Morgan fingerprint density at radius 2 is 1.95 bits per heavy atom. The summed E-state index contributed by atoms with van der Waals surface area (Å²) >= 11 is 3.88. The lowest BCUT2D eigenvalue weighted by Crippen LogP contribution is -2.08. The van der Waals surface area contributed by atoms with E-state index in [1.807, 2.05) is 6.92 Å². The van der Waals surface area contributed by atoms with Crippen LogP contribution in [0.25, 0.3) is 0 Å². The molecule has 3 nitrogen and oxygen atoms in total. The van der Waals surface area contributed by atoms with E-state index in [-0.39, 0.29) is 5.82 Å². The molecule has 112 valence electrons. The number of halogens is 2. The van der Waals surface area contributed by atoms with Gasteiger partial charge in [-0.05, 0) is 60.2 Å². The molecule has 0 saturated carbocycles. The Labute approximate surface area is 142 Å². The van der Waals surface area contributed by atoms with E-state index in [9.17, 15) is 4.39 Å². The van der Waals surface area contributed by atoms with Crippen LogP contribution in [-0.2, 0) is 5.75 Å². The topological polar surface area (TPSA) is 37.8 Å². The number of thioether (sulfide) groups is 1. The van der Waals surface area contributed by atoms with E-state index in [0.29, 0.717) is 5.75 Å². The van der Waals surface area contributed by atoms with Crippen LogP contribution in [0.1, 0.15) is 24.9 Å². The SMILES string of the molecule is CCCNc1nc(CSc2ccc(F)cc2)nc(C)c1I. The molecular weight excluding hydrogens is 400 g/mol. The second-order valence-corrected chi connectivity index (χ2v) is 6.68. The van der Waals surface area contributed by atoms with Crippen LogP contribution in [-0.4, -0.2) is 16.5 Å². The first kappa shape index (κ1) is 16.5. The smallest absolute Gasteiger partial charge is 0.143 e. The molecule has 1 N–H and O–H groups in total. The largest absolute Gasteiger partial charge is 0.369 e. The van der Waals surface area contributed by atoms with Crippen molar-refractivity contribution in [3.8, 4) is 0 Å². The molecule has 0 radical (unpaired) electrons. The summed E-state index contributed by atoms with van der Waals surface area (Å²) in [7, 11) is 0. The molecule has 0 saturated heterocycles. The van der Waals surface area contributed by atoms with Crippen LogP contribution in [0.4, 0.5) is 10.2 Å². The second-order valence-electron chi connectivity index (χ2n) is 4.56. The number of benzene rings is 1. The highest BCUT2D eigenvalue weighted by molar-refractivity contribution is 14.1. The number of rotatable bonds is 6. The Bertz CT molecular complexity index is 605. The van der Waals surface area contributed by atoms with Gasteiger partial charge in [0.05, 0.1) is 15.0 Å². The number of nitrogens with zero attached hydrogens (tertiary/aromatic N) is 2. The number of hydrogen-bond donors (Lipinski definition) is 1. The van der Waals surface area contributed by atoms with Crippen molar-refractivity contribution < 1.29 is 4.39 Å². The monoisotopic (exact) mass is 417 g/mol. The van der Waals surface area contributed by atoms with Crippen LogP contribution in [0.2, 0.25) is 0 Å². The number of anilines is 1. The van der Waals surface area contributed by atoms with Gasteiger partial charge < -0.3 is 5.32 Å². The Hall–Kier alpha value is -0.890. The lowest BCUT2D eigenvalue weighted by atomic mass is 10.4. The quantitative estimate of drug-likeness (QED) is 0.549. The molecule has 0 bridgehead atoms. The van der Waals surface area contributed by atoms with Crippen molar-refractivity contribution in [3.63, 3.8) is 0 Å². The summed E-state index contributed by atoms with van der Waals surface area (Å²) < 4.78 is 13.9. The second kappa shape index (κ2) is 7.93. The molecule has 0 unspecified atom stereocenters. The fraction of sp³-hybridized carbons (Fsp3) is 0.333. The number of nitrogens with one attached hydrogen (secondary N) is 1. The maximum atomic E-state index is 12.9. The maximum absolute atomic E-state index is 12.9. The normalized spacial score (nSPS) is 10.7. The van der Waals surface area contributed by atoms with Crippen LogP contribution in [0, 0.1) is 16.3 Å². The standard InChI is InChI=1S/C15H17FIN3S/c1-3-8-18-15-14(17)10(2)19-13(20-15)9-21-12-6-4-11(16)5-7-12/h4-7H,3,8-9H2,1-2H3,(H,18,19,20). The van der Waals surface area contributed by atoms with E-state index < -0.39 is 0 Å². The third-order valence-electron chi connectivity index (χ3n) is 2.79. The van der Waals surface area contributed by atoms with Gasteiger partial charge in [-0.2, -0.15) is 0 Å². The molecular formula is C15H17FIN3S. The van der Waals surface area contributed by atoms with Gasteiger partial charge in [0.15, 0.2) is 0 Å². The summed E-state index contributed by atoms with van der Waals surface area (Å²) in [6.45, 7) is 5.02. The number of hydrogen-bond acceptors (Lipinski definition) is 4. The van der Waals surface area contributed by atoms with Crippen molar-refractivity contribution in [2.45, 2.75) is 30.9 Å². The maximum Gasteiger partial charge on any atom is 0.143 e. The molecule has 2 rings (SSSR count). The zero-order valence-electron chi connectivity index (χ0n) is 12.0. The van der Waals surface area contributed by atoms with E-state index in [2.05, 4.69) is 44.8 Å². The average molecular weight is 417 g/mol. The van der Waals surface area contributed by atoms with E-state index >= 15 is 0 Å². The molecule has 6 heteroatoms. The third-order valence-corrected chi connectivity index (χ3v) is 5.09. The Balaban J connectivity index is 2.08. The molecule has 0 fully saturated rings. The Morgan fingerprint density at radius 1 is 1.24 bits per heavy atom. The van der Waals surface area contributed by atoms with Crippen molar-refractivity contribution in [2.24, 2.45) is 0 Å². The van der Waals surface area contributed by atoms with Gasteiger partial charge in [-0.25, -0.2) is 14.4 Å². The van der Waals surface area contributed by atoms with Gasteiger partial charge in [0.1, 0.15) is 17.5 Å². The highest BCUT2D eigenvalue weighted by Gasteiger charge is 2.09. The molecule has 21 heavy (non-hydrogen) atoms. The van der Waals surface area contributed by atoms with Crippen molar-refractivity contribution >= 4 is 40.2 Å². The molecule has 0 spiro atoms. The first-order chi connectivity index (χ1) is 10.1. The predicted octanol–water partition coefficient (Wildman–Crippen LogP) is 4.64. The van der Waals surface area contributed by atoms with Crippen LogP contribution >= 0.6 is 34.4 Å². The summed E-state index contributed by atoms with van der Waals surface area (Å²) in [5.74, 6) is 2.15. The molecule has 0 aliphatic heterocycles. The Kier molecular flexibility index (Phi) is 6.22. The molecule has 1 aromatic heterocycles. The van der Waals surface area contributed by atoms with Crippen LogP contribution in [0.3, 0.4) is 0 Å². The molecule has 1 aromatic carbocycles. The highest BCUT2D eigenvalue weighted by atomic mass is 127. The van der Waals surface area contributed by atoms with E-state index in [4.69, 9.17) is 0 Å². The predicted molar refractivity (Wildman–Crippen MR) is 94.2 cm³/mol. The number of aryl methyl sites for hydroxylation is 1. The van der Waals surface area contributed by atoms with E-state index in [0.717, 1.165) is 38.8 Å². The van der Waals surface area contributed by atoms with Gasteiger partial charge in [0, 0.05) is 11.4 Å². The van der Waals surface area contributed by atoms with Gasteiger partial charge in [-0.1, -0.05) is 6.92 Å².